The van der Waals surface area contributed by atoms with E-state index in [-0.39, 0.29) is 0 Å². The lowest BCUT2D eigenvalue weighted by Crippen LogP contribution is -2.04. The van der Waals surface area contributed by atoms with Gasteiger partial charge in [0.05, 0.1) is 0 Å². The van der Waals surface area contributed by atoms with Crippen molar-refractivity contribution in [3.63, 3.8) is 0 Å². The summed E-state index contributed by atoms with van der Waals surface area (Å²) < 4.78 is 0. The standard InChI is InChI=1S/C12H20N2/c1-4-5-9(2)6-11-7-10(3)8-14-12(11)13/h7-9H,4-6H2,1-3H3,(H2,13,14). The maximum absolute atomic E-state index is 5.82. The number of pyridine rings is 1. The topological polar surface area (TPSA) is 38.9 Å². The first-order valence-corrected chi connectivity index (χ1v) is 5.34. The molecule has 0 aliphatic rings. The molecule has 1 atom stereocenters. The molecular formula is C12H20N2. The zero-order chi connectivity index (χ0) is 10.6. The third kappa shape index (κ3) is 3.02. The molecule has 0 spiro atoms. The number of aryl methyl sites for hydroxylation is 1. The first-order valence-electron chi connectivity index (χ1n) is 5.34. The summed E-state index contributed by atoms with van der Waals surface area (Å²) in [5.41, 5.74) is 8.22. The van der Waals surface area contributed by atoms with Crippen LogP contribution in [0.3, 0.4) is 0 Å². The summed E-state index contributed by atoms with van der Waals surface area (Å²) in [7, 11) is 0. The number of hydrogen-bond acceptors (Lipinski definition) is 2. The van der Waals surface area contributed by atoms with E-state index in [2.05, 4.69) is 31.8 Å². The molecule has 2 nitrogen and oxygen atoms in total. The Balaban J connectivity index is 2.70. The lowest BCUT2D eigenvalue weighted by Gasteiger charge is -2.11. The minimum Gasteiger partial charge on any atom is -0.383 e. The van der Waals surface area contributed by atoms with Crippen LogP contribution in [0.25, 0.3) is 0 Å². The molecule has 0 aromatic carbocycles. The van der Waals surface area contributed by atoms with Gasteiger partial charge in [0, 0.05) is 6.20 Å². The first kappa shape index (κ1) is 11.0. The molecule has 0 fully saturated rings. The monoisotopic (exact) mass is 192 g/mol. The maximum atomic E-state index is 5.82. The zero-order valence-electron chi connectivity index (χ0n) is 9.38. The second-order valence-corrected chi connectivity index (χ2v) is 4.16. The zero-order valence-corrected chi connectivity index (χ0v) is 9.38. The van der Waals surface area contributed by atoms with Gasteiger partial charge < -0.3 is 5.73 Å². The van der Waals surface area contributed by atoms with Crippen molar-refractivity contribution >= 4 is 5.82 Å². The fourth-order valence-corrected chi connectivity index (χ4v) is 1.77. The molecule has 0 aliphatic heterocycles. The fraction of sp³-hybridized carbons (Fsp3) is 0.583. The summed E-state index contributed by atoms with van der Waals surface area (Å²) in [6.07, 6.45) is 5.37. The van der Waals surface area contributed by atoms with Crippen LogP contribution in [0, 0.1) is 12.8 Å². The van der Waals surface area contributed by atoms with Crippen molar-refractivity contribution in [2.24, 2.45) is 5.92 Å². The first-order chi connectivity index (χ1) is 6.63. The van der Waals surface area contributed by atoms with E-state index in [1.807, 2.05) is 6.20 Å². The number of anilines is 1. The minimum atomic E-state index is 0.693. The van der Waals surface area contributed by atoms with Crippen LogP contribution in [0.5, 0.6) is 0 Å². The molecule has 0 saturated carbocycles. The van der Waals surface area contributed by atoms with Gasteiger partial charge in [-0.2, -0.15) is 0 Å². The van der Waals surface area contributed by atoms with Crippen molar-refractivity contribution < 1.29 is 0 Å². The molecule has 2 heteroatoms. The number of nitrogen functional groups attached to an aromatic ring is 1. The largest absolute Gasteiger partial charge is 0.383 e. The van der Waals surface area contributed by atoms with E-state index >= 15 is 0 Å². The van der Waals surface area contributed by atoms with Crippen LogP contribution < -0.4 is 5.73 Å². The van der Waals surface area contributed by atoms with Crippen molar-refractivity contribution in [1.82, 2.24) is 4.98 Å². The Bertz CT molecular complexity index is 294. The van der Waals surface area contributed by atoms with Gasteiger partial charge in [0.15, 0.2) is 0 Å². The van der Waals surface area contributed by atoms with Crippen molar-refractivity contribution in [2.45, 2.75) is 40.0 Å². The SMILES string of the molecule is CCCC(C)Cc1cc(C)cnc1N. The smallest absolute Gasteiger partial charge is 0.126 e. The highest BCUT2D eigenvalue weighted by molar-refractivity contribution is 5.40. The average molecular weight is 192 g/mol. The van der Waals surface area contributed by atoms with Crippen molar-refractivity contribution in [3.05, 3.63) is 23.4 Å². The normalized spacial score (nSPS) is 12.8. The Morgan fingerprint density at radius 1 is 1.50 bits per heavy atom. The molecular weight excluding hydrogens is 172 g/mol. The van der Waals surface area contributed by atoms with Crippen LogP contribution in [-0.2, 0) is 6.42 Å². The molecule has 1 unspecified atom stereocenters. The van der Waals surface area contributed by atoms with Crippen LogP contribution in [0.2, 0.25) is 0 Å². The van der Waals surface area contributed by atoms with E-state index in [9.17, 15) is 0 Å². The summed E-state index contributed by atoms with van der Waals surface area (Å²) >= 11 is 0. The Hall–Kier alpha value is -1.05. The highest BCUT2D eigenvalue weighted by Crippen LogP contribution is 2.18. The van der Waals surface area contributed by atoms with E-state index in [4.69, 9.17) is 5.73 Å². The quantitative estimate of drug-likeness (QED) is 0.796. The van der Waals surface area contributed by atoms with Gasteiger partial charge in [-0.3, -0.25) is 0 Å². The minimum absolute atomic E-state index is 0.693. The molecule has 0 amide bonds. The van der Waals surface area contributed by atoms with Crippen LogP contribution in [0.15, 0.2) is 12.3 Å². The summed E-state index contributed by atoms with van der Waals surface area (Å²) in [5.74, 6) is 1.39. The number of nitrogens with zero attached hydrogens (tertiary/aromatic N) is 1. The van der Waals surface area contributed by atoms with Gasteiger partial charge in [0.25, 0.3) is 0 Å². The lowest BCUT2D eigenvalue weighted by atomic mass is 9.97. The molecule has 2 N–H and O–H groups in total. The molecule has 78 valence electrons. The highest BCUT2D eigenvalue weighted by Gasteiger charge is 2.06. The van der Waals surface area contributed by atoms with Crippen molar-refractivity contribution in [1.29, 1.82) is 0 Å². The molecule has 1 aromatic heterocycles. The molecule has 0 bridgehead atoms. The van der Waals surface area contributed by atoms with E-state index in [1.165, 1.54) is 24.0 Å². The molecule has 1 aromatic rings. The van der Waals surface area contributed by atoms with E-state index in [0.29, 0.717) is 11.7 Å². The Morgan fingerprint density at radius 2 is 2.21 bits per heavy atom. The third-order valence-electron chi connectivity index (χ3n) is 2.49. The Labute approximate surface area is 86.5 Å². The van der Waals surface area contributed by atoms with E-state index in [1.54, 1.807) is 0 Å². The van der Waals surface area contributed by atoms with Gasteiger partial charge in [0.1, 0.15) is 5.82 Å². The van der Waals surface area contributed by atoms with E-state index < -0.39 is 0 Å². The van der Waals surface area contributed by atoms with Gasteiger partial charge in [-0.15, -0.1) is 0 Å². The van der Waals surface area contributed by atoms with Gasteiger partial charge in [-0.05, 0) is 30.4 Å². The molecule has 1 rings (SSSR count). The molecule has 0 saturated heterocycles. The summed E-state index contributed by atoms with van der Waals surface area (Å²) in [6, 6.07) is 2.15. The molecule has 14 heavy (non-hydrogen) atoms. The maximum Gasteiger partial charge on any atom is 0.126 e. The lowest BCUT2D eigenvalue weighted by molar-refractivity contribution is 0.522. The number of aromatic nitrogens is 1. The van der Waals surface area contributed by atoms with Gasteiger partial charge in [0.2, 0.25) is 0 Å². The van der Waals surface area contributed by atoms with Crippen LogP contribution in [-0.4, -0.2) is 4.98 Å². The number of rotatable bonds is 4. The second kappa shape index (κ2) is 4.99. The molecule has 1 heterocycles. The summed E-state index contributed by atoms with van der Waals surface area (Å²) in [5, 5.41) is 0. The Kier molecular flexibility index (Phi) is 3.93. The second-order valence-electron chi connectivity index (χ2n) is 4.16. The van der Waals surface area contributed by atoms with Crippen molar-refractivity contribution in [3.8, 4) is 0 Å². The van der Waals surface area contributed by atoms with Crippen LogP contribution in [0.4, 0.5) is 5.82 Å². The van der Waals surface area contributed by atoms with Crippen molar-refractivity contribution in [2.75, 3.05) is 5.73 Å². The summed E-state index contributed by atoms with van der Waals surface area (Å²) in [4.78, 5) is 4.17. The predicted octanol–water partition coefficient (Wildman–Crippen LogP) is 2.95. The van der Waals surface area contributed by atoms with Gasteiger partial charge in [-0.25, -0.2) is 4.98 Å². The van der Waals surface area contributed by atoms with Crippen LogP contribution in [0.1, 0.15) is 37.8 Å². The molecule has 0 radical (unpaired) electrons. The van der Waals surface area contributed by atoms with E-state index in [0.717, 1.165) is 6.42 Å². The average Bonchev–Trinajstić information content (AvgIpc) is 2.12. The van der Waals surface area contributed by atoms with Gasteiger partial charge >= 0.3 is 0 Å². The van der Waals surface area contributed by atoms with Gasteiger partial charge in [-0.1, -0.05) is 32.8 Å². The molecule has 0 aliphatic carbocycles. The fourth-order valence-electron chi connectivity index (χ4n) is 1.77. The summed E-state index contributed by atoms with van der Waals surface area (Å²) in [6.45, 7) is 6.54. The Morgan fingerprint density at radius 3 is 2.86 bits per heavy atom. The number of nitrogens with two attached hydrogens (primary N) is 1. The third-order valence-corrected chi connectivity index (χ3v) is 2.49. The highest BCUT2D eigenvalue weighted by atomic mass is 14.8. The number of hydrogen-bond donors (Lipinski definition) is 1. The predicted molar refractivity (Wildman–Crippen MR) is 61.2 cm³/mol. The van der Waals surface area contributed by atoms with Crippen LogP contribution >= 0.6 is 0 Å².